The number of benzene rings is 2. The fraction of sp³-hybridized carbons (Fsp3) is 0. The zero-order chi connectivity index (χ0) is 24.6. The first-order chi connectivity index (χ1) is 16.2. The number of carbonyl (C=O) groups is 8. The Morgan fingerprint density at radius 2 is 0.882 bits per heavy atom. The van der Waals surface area contributed by atoms with Crippen molar-refractivity contribution in [2.24, 2.45) is 0 Å². The first-order valence-corrected chi connectivity index (χ1v) is 8.82. The minimum absolute atomic E-state index is 0.444. The molecule has 2 aliphatic rings. The van der Waals surface area contributed by atoms with E-state index in [1.165, 1.54) is 6.07 Å². The molecule has 34 heavy (non-hydrogen) atoms. The Hall–Kier alpha value is -5.40. The van der Waals surface area contributed by atoms with Crippen LogP contribution in [-0.4, -0.2) is 48.1 Å². The second-order valence-electron chi connectivity index (χ2n) is 6.20. The molecule has 0 aromatic heterocycles. The van der Waals surface area contributed by atoms with E-state index in [9.17, 15) is 38.4 Å². The molecule has 0 N–H and O–H groups in total. The Labute approximate surface area is 185 Å². The van der Waals surface area contributed by atoms with Crippen LogP contribution in [0.15, 0.2) is 36.4 Å². The van der Waals surface area contributed by atoms with E-state index in [0.717, 1.165) is 30.3 Å². The van der Waals surface area contributed by atoms with Crippen LogP contribution in [0.5, 0.6) is 11.5 Å². The van der Waals surface area contributed by atoms with E-state index in [0.29, 0.717) is 0 Å². The highest BCUT2D eigenvalue weighted by Gasteiger charge is 2.36. The molecule has 0 radical (unpaired) electrons. The van der Waals surface area contributed by atoms with Gasteiger partial charge < -0.3 is 28.4 Å². The number of cyclic esters (lactones) is 10. The van der Waals surface area contributed by atoms with Gasteiger partial charge in [-0.25, -0.2) is 33.6 Å². The van der Waals surface area contributed by atoms with Gasteiger partial charge in [0.1, 0.15) is 22.6 Å². The summed E-state index contributed by atoms with van der Waals surface area (Å²) in [6.07, 6.45) is -6.18. The zero-order valence-corrected chi connectivity index (χ0v) is 16.2. The highest BCUT2D eigenvalue weighted by molar-refractivity contribution is 6.43. The summed E-state index contributed by atoms with van der Waals surface area (Å²) in [7, 11) is 0. The average molecular weight is 470 g/mol. The van der Waals surface area contributed by atoms with Crippen molar-refractivity contribution in [3.63, 3.8) is 0 Å². The molecule has 14 nitrogen and oxygen atoms in total. The molecule has 2 aromatic rings. The number of rotatable bonds is 0. The van der Waals surface area contributed by atoms with Gasteiger partial charge in [-0.1, -0.05) is 12.1 Å². The molecule has 0 saturated carbocycles. The molecule has 2 heterocycles. The smallest absolute Gasteiger partial charge is 0.455 e. The fourth-order valence-corrected chi connectivity index (χ4v) is 2.88. The van der Waals surface area contributed by atoms with Gasteiger partial charge in [-0.2, -0.15) is 0 Å². The molecule has 0 fully saturated rings. The molecular formula is C20H6O14. The van der Waals surface area contributed by atoms with Gasteiger partial charge in [0.25, 0.3) is 5.78 Å². The predicted molar refractivity (Wildman–Crippen MR) is 96.9 cm³/mol. The number of carbonyl (C=O) groups excluding carboxylic acids is 8. The molecule has 14 heteroatoms. The molecule has 0 spiro atoms. The maximum absolute atomic E-state index is 12.7. The van der Waals surface area contributed by atoms with E-state index >= 15 is 0 Å². The average Bonchev–Trinajstić information content (AvgIpc) is 2.78. The van der Waals surface area contributed by atoms with Crippen LogP contribution >= 0.6 is 0 Å². The largest absolute Gasteiger partial charge is 0.528 e. The van der Waals surface area contributed by atoms with Crippen molar-refractivity contribution in [2.45, 2.75) is 0 Å². The van der Waals surface area contributed by atoms with Crippen molar-refractivity contribution in [3.8, 4) is 11.5 Å². The van der Waals surface area contributed by atoms with Crippen molar-refractivity contribution in [1.29, 1.82) is 0 Å². The van der Waals surface area contributed by atoms with Crippen LogP contribution in [0.2, 0.25) is 0 Å². The standard InChI is InChI=1S/C20H6O14/c21-13-7-3-1-5-9-11(7)15(23)30-14(22)8-4-2-6-10(29-9)12(8)16(24)31-18(26)33-20(28)34-19(27)32-17(13)25/h1-6H. The Morgan fingerprint density at radius 1 is 0.412 bits per heavy atom. The summed E-state index contributed by atoms with van der Waals surface area (Å²) < 4.78 is 26.3. The summed E-state index contributed by atoms with van der Waals surface area (Å²) >= 11 is 0. The number of hydrogen-bond donors (Lipinski definition) is 0. The third kappa shape index (κ3) is 3.93. The summed E-state index contributed by atoms with van der Waals surface area (Å²) in [5.41, 5.74) is -2.80. The lowest BCUT2D eigenvalue weighted by Crippen LogP contribution is -2.27. The molecule has 0 atom stereocenters. The van der Waals surface area contributed by atoms with Gasteiger partial charge >= 0.3 is 42.3 Å². The fourth-order valence-electron chi connectivity index (χ4n) is 2.88. The molecule has 0 aliphatic carbocycles. The van der Waals surface area contributed by atoms with Crippen LogP contribution in [0.1, 0.15) is 41.4 Å². The predicted octanol–water partition coefficient (Wildman–Crippen LogP) is 2.08. The quantitative estimate of drug-likeness (QED) is 0.235. The van der Waals surface area contributed by atoms with Gasteiger partial charge in [-0.05, 0) is 24.3 Å². The molecule has 170 valence electrons. The van der Waals surface area contributed by atoms with Crippen LogP contribution in [-0.2, 0) is 28.5 Å². The van der Waals surface area contributed by atoms with Crippen molar-refractivity contribution >= 4 is 48.1 Å². The van der Waals surface area contributed by atoms with Crippen molar-refractivity contribution in [3.05, 3.63) is 58.7 Å². The SMILES string of the molecule is O=C1OC(=O)OC(=O)C(=O)c2cccc3c2C(=O)OC(=O)c2cccc(c2C(=O)OC(=O)O1)O3. The van der Waals surface area contributed by atoms with E-state index in [1.807, 2.05) is 0 Å². The topological polar surface area (TPSA) is 192 Å². The van der Waals surface area contributed by atoms with Gasteiger partial charge in [0.05, 0.1) is 5.56 Å². The third-order valence-electron chi connectivity index (χ3n) is 4.20. The highest BCUT2D eigenvalue weighted by Crippen LogP contribution is 2.35. The summed E-state index contributed by atoms with van der Waals surface area (Å²) in [4.78, 5) is 97.3. The van der Waals surface area contributed by atoms with E-state index in [2.05, 4.69) is 18.9 Å². The van der Waals surface area contributed by atoms with Gasteiger partial charge in [0.2, 0.25) is 0 Å². The Balaban J connectivity index is 1.96. The number of ketones is 1. The zero-order valence-electron chi connectivity index (χ0n) is 16.2. The highest BCUT2D eigenvalue weighted by atomic mass is 16.9. The maximum atomic E-state index is 12.7. The van der Waals surface area contributed by atoms with E-state index in [4.69, 9.17) is 9.47 Å². The molecule has 4 rings (SSSR count). The molecule has 6 bridgehead atoms. The second-order valence-corrected chi connectivity index (χ2v) is 6.20. The summed E-state index contributed by atoms with van der Waals surface area (Å²) in [5, 5.41) is 0. The van der Waals surface area contributed by atoms with Crippen LogP contribution in [0.25, 0.3) is 0 Å². The van der Waals surface area contributed by atoms with Gasteiger partial charge in [0.15, 0.2) is 0 Å². The van der Waals surface area contributed by atoms with Crippen LogP contribution in [0, 0.1) is 0 Å². The van der Waals surface area contributed by atoms with Crippen molar-refractivity contribution in [2.75, 3.05) is 0 Å². The first kappa shape index (κ1) is 21.8. The summed E-state index contributed by atoms with van der Waals surface area (Å²) in [6.45, 7) is 0. The number of esters is 4. The van der Waals surface area contributed by atoms with E-state index < -0.39 is 81.9 Å². The molecule has 2 aromatic carbocycles. The van der Waals surface area contributed by atoms with E-state index in [-0.39, 0.29) is 0 Å². The van der Waals surface area contributed by atoms with E-state index in [1.54, 1.807) is 0 Å². The third-order valence-corrected chi connectivity index (χ3v) is 4.20. The number of hydrogen-bond acceptors (Lipinski definition) is 14. The molecular weight excluding hydrogens is 464 g/mol. The first-order valence-electron chi connectivity index (χ1n) is 8.82. The Kier molecular flexibility index (Phi) is 5.31. The second kappa shape index (κ2) is 8.27. The molecule has 0 saturated heterocycles. The minimum Gasteiger partial charge on any atom is -0.455 e. The van der Waals surface area contributed by atoms with Crippen molar-refractivity contribution in [1.82, 2.24) is 0 Å². The summed E-state index contributed by atoms with van der Waals surface area (Å²) in [6, 6.07) is 6.60. The minimum atomic E-state index is -2.08. The van der Waals surface area contributed by atoms with Gasteiger partial charge in [-0.3, -0.25) is 4.79 Å². The monoisotopic (exact) mass is 470 g/mol. The maximum Gasteiger partial charge on any atom is 0.528 e. The van der Waals surface area contributed by atoms with Crippen molar-refractivity contribution < 1.29 is 66.8 Å². The number of Topliss-reactive ketones (excluding diaryl/α,β-unsaturated/α-hetero) is 1. The summed E-state index contributed by atoms with van der Waals surface area (Å²) in [5.74, 6) is -8.92. The van der Waals surface area contributed by atoms with Crippen LogP contribution < -0.4 is 4.74 Å². The molecule has 2 aliphatic heterocycles. The lowest BCUT2D eigenvalue weighted by molar-refractivity contribution is -0.134. The van der Waals surface area contributed by atoms with Gasteiger partial charge in [0, 0.05) is 5.56 Å². The molecule has 0 unspecified atom stereocenters. The van der Waals surface area contributed by atoms with Crippen LogP contribution in [0.3, 0.4) is 0 Å². The normalized spacial score (nSPS) is 16.4. The lowest BCUT2D eigenvalue weighted by atomic mass is 10.0. The Bertz CT molecular complexity index is 1350. The lowest BCUT2D eigenvalue weighted by Gasteiger charge is -2.13. The van der Waals surface area contributed by atoms with Gasteiger partial charge in [-0.15, -0.1) is 0 Å². The number of ether oxygens (including phenoxy) is 6. The molecule has 0 amide bonds. The Morgan fingerprint density at radius 3 is 1.50 bits per heavy atom. The van der Waals surface area contributed by atoms with Crippen LogP contribution in [0.4, 0.5) is 14.4 Å².